The quantitative estimate of drug-likeness (QED) is 0.350. The molecular formula is C19H28O4S2. The summed E-state index contributed by atoms with van der Waals surface area (Å²) in [6.07, 6.45) is 2.92. The zero-order chi connectivity index (χ0) is 18.5. The lowest BCUT2D eigenvalue weighted by Gasteiger charge is -2.09. The van der Waals surface area contributed by atoms with Gasteiger partial charge >= 0.3 is 10.6 Å². The first-order valence-electron chi connectivity index (χ1n) is 8.72. The van der Waals surface area contributed by atoms with Gasteiger partial charge < -0.3 is 9.47 Å². The predicted molar refractivity (Wildman–Crippen MR) is 106 cm³/mol. The number of hydrogen-bond acceptors (Lipinski definition) is 6. The lowest BCUT2D eigenvalue weighted by atomic mass is 10.1. The Balaban J connectivity index is 2.27. The third-order valence-corrected chi connectivity index (χ3v) is 5.30. The van der Waals surface area contributed by atoms with Crippen LogP contribution in [-0.4, -0.2) is 23.8 Å². The van der Waals surface area contributed by atoms with Crippen LogP contribution in [0.4, 0.5) is 9.59 Å². The van der Waals surface area contributed by atoms with Crippen molar-refractivity contribution in [2.45, 2.75) is 51.5 Å². The van der Waals surface area contributed by atoms with Gasteiger partial charge in [-0.3, -0.25) is 0 Å². The summed E-state index contributed by atoms with van der Waals surface area (Å²) in [4.78, 5) is 23.2. The molecule has 1 atom stereocenters. The Labute approximate surface area is 159 Å². The maximum atomic E-state index is 11.7. The smallest absolute Gasteiger partial charge is 0.367 e. The Morgan fingerprint density at radius 2 is 1.48 bits per heavy atom. The molecular weight excluding hydrogens is 356 g/mol. The minimum atomic E-state index is -0.227. The van der Waals surface area contributed by atoms with E-state index in [1.54, 1.807) is 0 Å². The van der Waals surface area contributed by atoms with Gasteiger partial charge in [-0.05, 0) is 47.0 Å². The fourth-order valence-electron chi connectivity index (χ4n) is 1.73. The maximum absolute atomic E-state index is 11.7. The highest BCUT2D eigenvalue weighted by atomic mass is 32.2. The molecule has 140 valence electrons. The summed E-state index contributed by atoms with van der Waals surface area (Å²) in [5, 5.41) is -0.452. The van der Waals surface area contributed by atoms with E-state index in [1.165, 1.54) is 23.5 Å². The third kappa shape index (κ3) is 10.4. The number of unbranched alkanes of at least 4 members (excludes halogenated alkanes) is 1. The van der Waals surface area contributed by atoms with E-state index in [0.29, 0.717) is 30.6 Å². The van der Waals surface area contributed by atoms with E-state index in [1.807, 2.05) is 24.3 Å². The SMILES string of the molecule is CCCCOC(=O)SCc1ccc(CSC(=O)OCC(C)CC)cc1. The molecule has 0 aliphatic heterocycles. The van der Waals surface area contributed by atoms with Gasteiger partial charge in [-0.2, -0.15) is 0 Å². The zero-order valence-electron chi connectivity index (χ0n) is 15.3. The molecule has 0 spiro atoms. The molecule has 0 aliphatic rings. The molecule has 0 heterocycles. The number of hydrogen-bond donors (Lipinski definition) is 0. The Kier molecular flexibility index (Phi) is 11.5. The fourth-order valence-corrected chi connectivity index (χ4v) is 3.00. The molecule has 0 aromatic heterocycles. The fraction of sp³-hybridized carbons (Fsp3) is 0.579. The highest BCUT2D eigenvalue weighted by Gasteiger charge is 2.08. The van der Waals surface area contributed by atoms with Crippen LogP contribution in [0.2, 0.25) is 0 Å². The first-order valence-corrected chi connectivity index (χ1v) is 10.7. The van der Waals surface area contributed by atoms with Crippen LogP contribution >= 0.6 is 23.5 Å². The average molecular weight is 385 g/mol. The van der Waals surface area contributed by atoms with Gasteiger partial charge in [0.1, 0.15) is 0 Å². The topological polar surface area (TPSA) is 52.6 Å². The molecule has 1 aromatic carbocycles. The monoisotopic (exact) mass is 384 g/mol. The van der Waals surface area contributed by atoms with E-state index in [-0.39, 0.29) is 10.6 Å². The summed E-state index contributed by atoms with van der Waals surface area (Å²) in [6, 6.07) is 7.92. The van der Waals surface area contributed by atoms with Gasteiger partial charge in [0.2, 0.25) is 0 Å². The number of ether oxygens (including phenoxy) is 2. The molecule has 6 heteroatoms. The van der Waals surface area contributed by atoms with Crippen LogP contribution in [0.1, 0.15) is 51.2 Å². The van der Waals surface area contributed by atoms with E-state index in [4.69, 9.17) is 9.47 Å². The van der Waals surface area contributed by atoms with Crippen molar-refractivity contribution in [3.63, 3.8) is 0 Å². The van der Waals surface area contributed by atoms with E-state index in [0.717, 1.165) is 30.4 Å². The summed E-state index contributed by atoms with van der Waals surface area (Å²) in [6.45, 7) is 7.18. The summed E-state index contributed by atoms with van der Waals surface area (Å²) >= 11 is 2.35. The minimum absolute atomic E-state index is 0.225. The molecule has 0 saturated carbocycles. The second-order valence-corrected chi connectivity index (χ2v) is 7.74. The Morgan fingerprint density at radius 1 is 0.960 bits per heavy atom. The van der Waals surface area contributed by atoms with Gasteiger partial charge in [0.15, 0.2) is 0 Å². The van der Waals surface area contributed by atoms with E-state index < -0.39 is 0 Å². The van der Waals surface area contributed by atoms with Crippen molar-refractivity contribution in [2.24, 2.45) is 5.92 Å². The lowest BCUT2D eigenvalue weighted by Crippen LogP contribution is -2.07. The molecule has 25 heavy (non-hydrogen) atoms. The van der Waals surface area contributed by atoms with Crippen LogP contribution in [-0.2, 0) is 21.0 Å². The van der Waals surface area contributed by atoms with Crippen LogP contribution in [0.5, 0.6) is 0 Å². The Bertz CT molecular complexity index is 517. The van der Waals surface area contributed by atoms with Crippen LogP contribution in [0.25, 0.3) is 0 Å². The molecule has 1 aromatic rings. The van der Waals surface area contributed by atoms with Crippen molar-refractivity contribution < 1.29 is 19.1 Å². The van der Waals surface area contributed by atoms with Crippen molar-refractivity contribution in [3.8, 4) is 0 Å². The summed E-state index contributed by atoms with van der Waals surface area (Å²) in [5.74, 6) is 1.58. The normalized spacial score (nSPS) is 11.8. The van der Waals surface area contributed by atoms with Crippen molar-refractivity contribution in [3.05, 3.63) is 35.4 Å². The molecule has 1 unspecified atom stereocenters. The summed E-state index contributed by atoms with van der Waals surface area (Å²) < 4.78 is 10.3. The number of carbonyl (C=O) groups excluding carboxylic acids is 2. The number of benzene rings is 1. The van der Waals surface area contributed by atoms with Gasteiger partial charge in [-0.1, -0.05) is 57.9 Å². The molecule has 4 nitrogen and oxygen atoms in total. The van der Waals surface area contributed by atoms with E-state index in [2.05, 4.69) is 20.8 Å². The van der Waals surface area contributed by atoms with Crippen LogP contribution in [0, 0.1) is 5.92 Å². The maximum Gasteiger partial charge on any atom is 0.367 e. The predicted octanol–water partition coefficient (Wildman–Crippen LogP) is 6.27. The number of carbonyl (C=O) groups is 2. The van der Waals surface area contributed by atoms with Gasteiger partial charge in [0.05, 0.1) is 13.2 Å². The average Bonchev–Trinajstić information content (AvgIpc) is 2.63. The first kappa shape index (κ1) is 21.9. The Hall–Kier alpha value is -1.14. The second kappa shape index (κ2) is 13.1. The van der Waals surface area contributed by atoms with E-state index in [9.17, 15) is 9.59 Å². The van der Waals surface area contributed by atoms with Gasteiger partial charge in [-0.25, -0.2) is 9.59 Å². The second-order valence-electron chi connectivity index (χ2n) is 5.92. The summed E-state index contributed by atoms with van der Waals surface area (Å²) in [7, 11) is 0. The van der Waals surface area contributed by atoms with Crippen molar-refractivity contribution >= 4 is 34.1 Å². The first-order chi connectivity index (χ1) is 12.0. The molecule has 0 bridgehead atoms. The molecule has 0 radical (unpaired) electrons. The minimum Gasteiger partial charge on any atom is -0.458 e. The van der Waals surface area contributed by atoms with Crippen LogP contribution < -0.4 is 0 Å². The molecule has 0 amide bonds. The largest absolute Gasteiger partial charge is 0.458 e. The van der Waals surface area contributed by atoms with Crippen LogP contribution in [0.15, 0.2) is 24.3 Å². The molecule has 1 rings (SSSR count). The Morgan fingerprint density at radius 3 is 1.96 bits per heavy atom. The number of thioether (sulfide) groups is 2. The molecule has 0 N–H and O–H groups in total. The third-order valence-electron chi connectivity index (χ3n) is 3.64. The van der Waals surface area contributed by atoms with Crippen molar-refractivity contribution in [2.75, 3.05) is 13.2 Å². The lowest BCUT2D eigenvalue weighted by molar-refractivity contribution is 0.156. The molecule has 0 aliphatic carbocycles. The van der Waals surface area contributed by atoms with Crippen LogP contribution in [0.3, 0.4) is 0 Å². The van der Waals surface area contributed by atoms with Crippen molar-refractivity contribution in [1.82, 2.24) is 0 Å². The van der Waals surface area contributed by atoms with Gasteiger partial charge in [-0.15, -0.1) is 0 Å². The zero-order valence-corrected chi connectivity index (χ0v) is 16.9. The number of rotatable bonds is 10. The van der Waals surface area contributed by atoms with E-state index >= 15 is 0 Å². The molecule has 0 fully saturated rings. The highest BCUT2D eigenvalue weighted by Crippen LogP contribution is 2.19. The van der Waals surface area contributed by atoms with Gasteiger partial charge in [0.25, 0.3) is 0 Å². The highest BCUT2D eigenvalue weighted by molar-refractivity contribution is 8.12. The molecule has 0 saturated heterocycles. The summed E-state index contributed by atoms with van der Waals surface area (Å²) in [5.41, 5.74) is 2.12. The van der Waals surface area contributed by atoms with Gasteiger partial charge in [0, 0.05) is 11.5 Å². The van der Waals surface area contributed by atoms with Crippen molar-refractivity contribution in [1.29, 1.82) is 0 Å². The standard InChI is InChI=1S/C19H28O4S2/c1-4-6-11-22-18(20)24-13-16-7-9-17(10-8-16)14-25-19(21)23-12-15(3)5-2/h7-10,15H,4-6,11-14H2,1-3H3.